The predicted molar refractivity (Wildman–Crippen MR) is 82.0 cm³/mol. The van der Waals surface area contributed by atoms with Crippen LogP contribution in [0.25, 0.3) is 11.0 Å². The van der Waals surface area contributed by atoms with Crippen molar-refractivity contribution in [2.45, 2.75) is 19.8 Å². The van der Waals surface area contributed by atoms with Crippen molar-refractivity contribution in [1.82, 2.24) is 15.0 Å². The van der Waals surface area contributed by atoms with E-state index in [0.29, 0.717) is 18.7 Å². The predicted octanol–water partition coefficient (Wildman–Crippen LogP) is 2.84. The quantitative estimate of drug-likeness (QED) is 0.772. The van der Waals surface area contributed by atoms with Crippen molar-refractivity contribution in [2.75, 3.05) is 5.32 Å². The van der Waals surface area contributed by atoms with Crippen molar-refractivity contribution in [3.63, 3.8) is 0 Å². The lowest BCUT2D eigenvalue weighted by Crippen LogP contribution is -2.13. The van der Waals surface area contributed by atoms with Crippen molar-refractivity contribution in [2.24, 2.45) is 0 Å². The van der Waals surface area contributed by atoms with E-state index in [0.717, 1.165) is 22.6 Å². The summed E-state index contributed by atoms with van der Waals surface area (Å²) in [5, 5.41) is 2.80. The molecule has 0 unspecified atom stereocenters. The zero-order valence-corrected chi connectivity index (χ0v) is 11.8. The van der Waals surface area contributed by atoms with Crippen molar-refractivity contribution >= 4 is 22.8 Å². The van der Waals surface area contributed by atoms with Crippen LogP contribution in [-0.4, -0.2) is 20.9 Å². The molecule has 2 heterocycles. The number of nitrogens with one attached hydrogen (secondary N) is 2. The second kappa shape index (κ2) is 5.75. The lowest BCUT2D eigenvalue weighted by molar-refractivity contribution is -0.116. The highest BCUT2D eigenvalue weighted by Crippen LogP contribution is 2.12. The molecule has 0 aliphatic heterocycles. The molecule has 0 spiro atoms. The summed E-state index contributed by atoms with van der Waals surface area (Å²) in [6.07, 6.45) is 0.946. The summed E-state index contributed by atoms with van der Waals surface area (Å²) in [5.74, 6) is 1.35. The first-order valence-corrected chi connectivity index (χ1v) is 6.88. The van der Waals surface area contributed by atoms with Gasteiger partial charge < -0.3 is 10.3 Å². The summed E-state index contributed by atoms with van der Waals surface area (Å²) in [7, 11) is 0. The Labute approximate surface area is 122 Å². The second-order valence-corrected chi connectivity index (χ2v) is 4.91. The first-order chi connectivity index (χ1) is 10.2. The Morgan fingerprint density at radius 1 is 1.14 bits per heavy atom. The molecule has 1 aromatic carbocycles. The van der Waals surface area contributed by atoms with Crippen LogP contribution in [0.4, 0.5) is 5.82 Å². The Morgan fingerprint density at radius 3 is 2.81 bits per heavy atom. The molecular formula is C16H16N4O. The number of pyridine rings is 1. The van der Waals surface area contributed by atoms with Crippen molar-refractivity contribution < 1.29 is 4.79 Å². The van der Waals surface area contributed by atoms with E-state index in [1.807, 2.05) is 43.3 Å². The number of aryl methyl sites for hydroxylation is 2. The topological polar surface area (TPSA) is 70.7 Å². The first kappa shape index (κ1) is 13.3. The summed E-state index contributed by atoms with van der Waals surface area (Å²) in [5.41, 5.74) is 2.80. The molecule has 0 saturated carbocycles. The molecule has 0 atom stereocenters. The van der Waals surface area contributed by atoms with Gasteiger partial charge in [-0.2, -0.15) is 0 Å². The largest absolute Gasteiger partial charge is 0.342 e. The van der Waals surface area contributed by atoms with Gasteiger partial charge in [-0.3, -0.25) is 4.79 Å². The van der Waals surface area contributed by atoms with E-state index < -0.39 is 0 Å². The van der Waals surface area contributed by atoms with Gasteiger partial charge in [0.1, 0.15) is 11.6 Å². The average Bonchev–Trinajstić information content (AvgIpc) is 2.88. The number of nitrogens with zero attached hydrogens (tertiary/aromatic N) is 2. The number of H-pyrrole nitrogens is 1. The van der Waals surface area contributed by atoms with E-state index in [1.54, 1.807) is 6.07 Å². The van der Waals surface area contributed by atoms with Crippen LogP contribution in [0.5, 0.6) is 0 Å². The normalized spacial score (nSPS) is 10.7. The molecule has 0 aliphatic rings. The molecule has 0 radical (unpaired) electrons. The fraction of sp³-hybridized carbons (Fsp3) is 0.188. The second-order valence-electron chi connectivity index (χ2n) is 4.91. The summed E-state index contributed by atoms with van der Waals surface area (Å²) in [4.78, 5) is 23.8. The molecule has 3 aromatic rings. The third-order valence-electron chi connectivity index (χ3n) is 3.18. The number of aromatic nitrogens is 3. The number of benzene rings is 1. The van der Waals surface area contributed by atoms with Crippen LogP contribution in [0.1, 0.15) is 17.9 Å². The van der Waals surface area contributed by atoms with Gasteiger partial charge in [0.05, 0.1) is 11.0 Å². The van der Waals surface area contributed by atoms with E-state index in [9.17, 15) is 4.79 Å². The molecule has 21 heavy (non-hydrogen) atoms. The molecule has 3 rings (SSSR count). The summed E-state index contributed by atoms with van der Waals surface area (Å²) >= 11 is 0. The molecule has 2 aromatic heterocycles. The van der Waals surface area contributed by atoms with Gasteiger partial charge in [-0.15, -0.1) is 0 Å². The van der Waals surface area contributed by atoms with Crippen molar-refractivity contribution in [1.29, 1.82) is 0 Å². The number of anilines is 1. The monoisotopic (exact) mass is 280 g/mol. The Balaban J connectivity index is 1.60. The smallest absolute Gasteiger partial charge is 0.225 e. The molecule has 106 valence electrons. The molecular weight excluding hydrogens is 264 g/mol. The molecule has 0 aliphatic carbocycles. The third-order valence-corrected chi connectivity index (χ3v) is 3.18. The van der Waals surface area contributed by atoms with Gasteiger partial charge in [0, 0.05) is 18.5 Å². The van der Waals surface area contributed by atoms with E-state index in [1.165, 1.54) is 0 Å². The number of para-hydroxylation sites is 2. The van der Waals surface area contributed by atoms with Crippen molar-refractivity contribution in [3.05, 3.63) is 54.0 Å². The number of aromatic amines is 1. The van der Waals surface area contributed by atoms with Crippen LogP contribution in [0.15, 0.2) is 42.5 Å². The highest BCUT2D eigenvalue weighted by Gasteiger charge is 2.07. The number of hydrogen-bond donors (Lipinski definition) is 2. The van der Waals surface area contributed by atoms with Crippen LogP contribution < -0.4 is 5.32 Å². The minimum atomic E-state index is -0.0615. The highest BCUT2D eigenvalue weighted by molar-refractivity contribution is 5.89. The lowest BCUT2D eigenvalue weighted by Gasteiger charge is -2.04. The zero-order valence-electron chi connectivity index (χ0n) is 11.8. The van der Waals surface area contributed by atoms with Crippen LogP contribution in [0.3, 0.4) is 0 Å². The van der Waals surface area contributed by atoms with Crippen LogP contribution in [0.2, 0.25) is 0 Å². The summed E-state index contributed by atoms with van der Waals surface area (Å²) < 4.78 is 0. The molecule has 5 heteroatoms. The Kier molecular flexibility index (Phi) is 3.64. The van der Waals surface area contributed by atoms with E-state index in [4.69, 9.17) is 0 Å². The summed E-state index contributed by atoms with van der Waals surface area (Å²) in [6, 6.07) is 13.4. The minimum Gasteiger partial charge on any atom is -0.342 e. The van der Waals surface area contributed by atoms with Gasteiger partial charge in [-0.05, 0) is 31.2 Å². The maximum Gasteiger partial charge on any atom is 0.225 e. The average molecular weight is 280 g/mol. The Hall–Kier alpha value is -2.69. The van der Waals surface area contributed by atoms with Gasteiger partial charge in [0.15, 0.2) is 0 Å². The molecule has 0 fully saturated rings. The van der Waals surface area contributed by atoms with Gasteiger partial charge >= 0.3 is 0 Å². The van der Waals surface area contributed by atoms with Crippen LogP contribution in [0, 0.1) is 6.92 Å². The molecule has 0 saturated heterocycles. The Bertz CT molecular complexity index is 746. The fourth-order valence-corrected chi connectivity index (χ4v) is 2.17. The molecule has 0 bridgehead atoms. The van der Waals surface area contributed by atoms with Gasteiger partial charge in [0.25, 0.3) is 0 Å². The number of hydrogen-bond acceptors (Lipinski definition) is 3. The van der Waals surface area contributed by atoms with Crippen molar-refractivity contribution in [3.8, 4) is 0 Å². The van der Waals surface area contributed by atoms with Gasteiger partial charge in [-0.1, -0.05) is 18.2 Å². The maximum absolute atomic E-state index is 11.9. The fourth-order valence-electron chi connectivity index (χ4n) is 2.17. The third kappa shape index (κ3) is 3.25. The number of fused-ring (bicyclic) bond motifs is 1. The van der Waals surface area contributed by atoms with Crippen LogP contribution in [-0.2, 0) is 11.2 Å². The molecule has 2 N–H and O–H groups in total. The number of rotatable bonds is 4. The van der Waals surface area contributed by atoms with E-state index in [2.05, 4.69) is 20.3 Å². The highest BCUT2D eigenvalue weighted by atomic mass is 16.1. The number of amides is 1. The zero-order chi connectivity index (χ0) is 14.7. The van der Waals surface area contributed by atoms with Gasteiger partial charge in [-0.25, -0.2) is 9.97 Å². The standard InChI is InChI=1S/C16H16N4O/c1-11-5-4-8-14(17-11)20-16(21)10-9-15-18-12-6-2-3-7-13(12)19-15/h2-8H,9-10H2,1H3,(H,18,19)(H,17,20,21). The van der Waals surface area contributed by atoms with E-state index in [-0.39, 0.29) is 5.91 Å². The molecule has 5 nitrogen and oxygen atoms in total. The SMILES string of the molecule is Cc1cccc(NC(=O)CCc2nc3ccccc3[nH]2)n1. The number of imidazole rings is 1. The van der Waals surface area contributed by atoms with Crippen LogP contribution >= 0.6 is 0 Å². The summed E-state index contributed by atoms with van der Waals surface area (Å²) in [6.45, 7) is 1.89. The molecule has 1 amide bonds. The number of carbonyl (C=O) groups excluding carboxylic acids is 1. The lowest BCUT2D eigenvalue weighted by atomic mass is 10.3. The Morgan fingerprint density at radius 2 is 2.00 bits per heavy atom. The minimum absolute atomic E-state index is 0.0615. The maximum atomic E-state index is 11.9. The van der Waals surface area contributed by atoms with E-state index >= 15 is 0 Å². The number of carbonyl (C=O) groups is 1. The first-order valence-electron chi connectivity index (χ1n) is 6.88. The van der Waals surface area contributed by atoms with Gasteiger partial charge in [0.2, 0.25) is 5.91 Å².